The number of furan rings is 1. The molecule has 4 rings (SSSR count). The van der Waals surface area contributed by atoms with E-state index in [-0.39, 0.29) is 18.4 Å². The zero-order chi connectivity index (χ0) is 21.8. The lowest BCUT2D eigenvalue weighted by molar-refractivity contribution is -0.137. The number of carbonyl (C=O) groups excluding carboxylic acids is 2. The van der Waals surface area contributed by atoms with Gasteiger partial charge < -0.3 is 13.9 Å². The molecule has 0 atom stereocenters. The summed E-state index contributed by atoms with van der Waals surface area (Å²) >= 11 is 1.36. The van der Waals surface area contributed by atoms with Crippen molar-refractivity contribution in [3.05, 3.63) is 88.7 Å². The summed E-state index contributed by atoms with van der Waals surface area (Å²) in [6.07, 6.45) is 1.52. The lowest BCUT2D eigenvalue weighted by Gasteiger charge is -2.14. The lowest BCUT2D eigenvalue weighted by Crippen LogP contribution is -2.30. The molecule has 0 N–H and O–H groups in total. The predicted molar refractivity (Wildman–Crippen MR) is 118 cm³/mol. The molecule has 0 unspecified atom stereocenters. The third-order valence-corrected chi connectivity index (χ3v) is 6.06. The maximum absolute atomic E-state index is 13.3. The molecule has 0 saturated carbocycles. The molecule has 1 aromatic heterocycles. The van der Waals surface area contributed by atoms with Crippen LogP contribution in [0.5, 0.6) is 11.5 Å². The van der Waals surface area contributed by atoms with Crippen LogP contribution in [0.15, 0.2) is 76.2 Å². The van der Waals surface area contributed by atoms with Crippen molar-refractivity contribution in [2.75, 3.05) is 14.2 Å². The van der Waals surface area contributed by atoms with E-state index in [1.54, 1.807) is 37.4 Å². The number of methoxy groups -OCH3 is 2. The largest absolute Gasteiger partial charge is 0.493 e. The molecule has 6 nitrogen and oxygen atoms in total. The molecular weight excluding hydrogens is 414 g/mol. The van der Waals surface area contributed by atoms with E-state index in [1.807, 2.05) is 30.3 Å². The van der Waals surface area contributed by atoms with Crippen LogP contribution in [0.4, 0.5) is 0 Å². The Balaban J connectivity index is 1.72. The van der Waals surface area contributed by atoms with Gasteiger partial charge in [0.15, 0.2) is 11.5 Å². The summed E-state index contributed by atoms with van der Waals surface area (Å²) in [5.41, 5.74) is 2.03. The Morgan fingerprint density at radius 2 is 1.68 bits per heavy atom. The standard InChI is InChI=1S/C24H21NO5S/c1-28-19-11-10-17(13-20(19)29-2)21-22(31-15-16-7-4-3-5-8-16)24(27)25(23(21)26)14-18-9-6-12-30-18/h3-13H,14-15H2,1-2H3. The number of ether oxygens (including phenoxy) is 2. The molecule has 3 aromatic rings. The Morgan fingerprint density at radius 3 is 2.35 bits per heavy atom. The van der Waals surface area contributed by atoms with Crippen molar-refractivity contribution in [2.24, 2.45) is 0 Å². The van der Waals surface area contributed by atoms with Crippen molar-refractivity contribution in [1.82, 2.24) is 4.90 Å². The minimum Gasteiger partial charge on any atom is -0.493 e. The van der Waals surface area contributed by atoms with Crippen LogP contribution in [-0.4, -0.2) is 30.9 Å². The number of amides is 2. The smallest absolute Gasteiger partial charge is 0.268 e. The molecule has 31 heavy (non-hydrogen) atoms. The zero-order valence-electron chi connectivity index (χ0n) is 17.2. The van der Waals surface area contributed by atoms with Gasteiger partial charge in [-0.3, -0.25) is 14.5 Å². The predicted octanol–water partition coefficient (Wildman–Crippen LogP) is 4.51. The van der Waals surface area contributed by atoms with Crippen molar-refractivity contribution in [1.29, 1.82) is 0 Å². The van der Waals surface area contributed by atoms with Gasteiger partial charge in [0.05, 0.1) is 37.5 Å². The molecule has 7 heteroatoms. The topological polar surface area (TPSA) is 69.0 Å². The lowest BCUT2D eigenvalue weighted by atomic mass is 10.1. The van der Waals surface area contributed by atoms with Crippen LogP contribution >= 0.6 is 11.8 Å². The summed E-state index contributed by atoms with van der Waals surface area (Å²) in [5.74, 6) is 1.47. The Morgan fingerprint density at radius 1 is 0.903 bits per heavy atom. The van der Waals surface area contributed by atoms with Gasteiger partial charge in [-0.05, 0) is 35.4 Å². The van der Waals surface area contributed by atoms with Crippen LogP contribution in [0.2, 0.25) is 0 Å². The molecule has 0 radical (unpaired) electrons. The van der Waals surface area contributed by atoms with E-state index < -0.39 is 0 Å². The molecule has 0 bridgehead atoms. The van der Waals surface area contributed by atoms with Gasteiger partial charge in [-0.15, -0.1) is 11.8 Å². The normalized spacial score (nSPS) is 13.8. The molecule has 1 aliphatic rings. The first-order valence-electron chi connectivity index (χ1n) is 9.64. The van der Waals surface area contributed by atoms with Gasteiger partial charge in [-0.2, -0.15) is 0 Å². The fraction of sp³-hybridized carbons (Fsp3) is 0.167. The van der Waals surface area contributed by atoms with Crippen molar-refractivity contribution < 1.29 is 23.5 Å². The summed E-state index contributed by atoms with van der Waals surface area (Å²) in [6.45, 7) is 0.0802. The Hall–Kier alpha value is -3.45. The Kier molecular flexibility index (Phi) is 6.13. The van der Waals surface area contributed by atoms with E-state index in [4.69, 9.17) is 13.9 Å². The van der Waals surface area contributed by atoms with Gasteiger partial charge in [0.25, 0.3) is 11.8 Å². The van der Waals surface area contributed by atoms with E-state index in [9.17, 15) is 9.59 Å². The van der Waals surface area contributed by atoms with Gasteiger partial charge >= 0.3 is 0 Å². The van der Waals surface area contributed by atoms with Crippen LogP contribution < -0.4 is 9.47 Å². The van der Waals surface area contributed by atoms with Gasteiger partial charge in [0.1, 0.15) is 5.76 Å². The number of rotatable bonds is 8. The van der Waals surface area contributed by atoms with Gasteiger partial charge in [0, 0.05) is 5.75 Å². The quantitative estimate of drug-likeness (QED) is 0.485. The average Bonchev–Trinajstić information content (AvgIpc) is 3.40. The van der Waals surface area contributed by atoms with Crippen molar-refractivity contribution in [2.45, 2.75) is 12.3 Å². The Bertz CT molecular complexity index is 1120. The van der Waals surface area contributed by atoms with Crippen molar-refractivity contribution in [3.63, 3.8) is 0 Å². The fourth-order valence-electron chi connectivity index (χ4n) is 3.37. The van der Waals surface area contributed by atoms with Gasteiger partial charge in [0.2, 0.25) is 0 Å². The highest BCUT2D eigenvalue weighted by molar-refractivity contribution is 8.03. The first kappa shape index (κ1) is 20.8. The first-order valence-corrected chi connectivity index (χ1v) is 10.6. The number of benzene rings is 2. The van der Waals surface area contributed by atoms with E-state index >= 15 is 0 Å². The molecule has 0 fully saturated rings. The third kappa shape index (κ3) is 4.22. The molecule has 2 aromatic carbocycles. The van der Waals surface area contributed by atoms with E-state index in [0.29, 0.717) is 39.1 Å². The van der Waals surface area contributed by atoms with E-state index in [0.717, 1.165) is 5.56 Å². The number of hydrogen-bond donors (Lipinski definition) is 0. The number of imide groups is 1. The van der Waals surface area contributed by atoms with Crippen molar-refractivity contribution in [3.8, 4) is 11.5 Å². The van der Waals surface area contributed by atoms with Crippen LogP contribution in [0.25, 0.3) is 5.57 Å². The van der Waals surface area contributed by atoms with E-state index in [1.165, 1.54) is 30.0 Å². The monoisotopic (exact) mass is 435 g/mol. The first-order chi connectivity index (χ1) is 15.1. The number of nitrogens with zero attached hydrogens (tertiary/aromatic N) is 1. The molecule has 0 spiro atoms. The second-order valence-corrected chi connectivity index (χ2v) is 7.81. The highest BCUT2D eigenvalue weighted by atomic mass is 32.2. The van der Waals surface area contributed by atoms with Crippen molar-refractivity contribution >= 4 is 29.1 Å². The highest BCUT2D eigenvalue weighted by Crippen LogP contribution is 2.40. The van der Waals surface area contributed by atoms with Crippen LogP contribution in [0, 0.1) is 0 Å². The highest BCUT2D eigenvalue weighted by Gasteiger charge is 2.39. The summed E-state index contributed by atoms with van der Waals surface area (Å²) in [4.78, 5) is 28.2. The van der Waals surface area contributed by atoms with Gasteiger partial charge in [-0.1, -0.05) is 36.4 Å². The Labute approximate surface area is 184 Å². The summed E-state index contributed by atoms with van der Waals surface area (Å²) in [6, 6.07) is 18.5. The maximum Gasteiger partial charge on any atom is 0.268 e. The number of hydrogen-bond acceptors (Lipinski definition) is 6. The SMILES string of the molecule is COc1ccc(C2=C(SCc3ccccc3)C(=O)N(Cc3ccco3)C2=O)cc1OC. The minimum absolute atomic E-state index is 0.0802. The molecule has 0 saturated heterocycles. The summed E-state index contributed by atoms with van der Waals surface area (Å²) in [5, 5.41) is 0. The number of carbonyl (C=O) groups is 2. The summed E-state index contributed by atoms with van der Waals surface area (Å²) in [7, 11) is 3.08. The molecule has 2 heterocycles. The molecule has 158 valence electrons. The number of thioether (sulfide) groups is 1. The second kappa shape index (κ2) is 9.14. The second-order valence-electron chi connectivity index (χ2n) is 6.82. The van der Waals surface area contributed by atoms with Crippen LogP contribution in [-0.2, 0) is 21.9 Å². The van der Waals surface area contributed by atoms with E-state index in [2.05, 4.69) is 0 Å². The molecule has 0 aliphatic carbocycles. The molecule has 2 amide bonds. The average molecular weight is 436 g/mol. The summed E-state index contributed by atoms with van der Waals surface area (Å²) < 4.78 is 16.1. The van der Waals surface area contributed by atoms with Crippen LogP contribution in [0.3, 0.4) is 0 Å². The third-order valence-electron chi connectivity index (χ3n) is 4.92. The zero-order valence-corrected chi connectivity index (χ0v) is 18.0. The molecular formula is C24H21NO5S. The van der Waals surface area contributed by atoms with Crippen LogP contribution in [0.1, 0.15) is 16.9 Å². The maximum atomic E-state index is 13.3. The van der Waals surface area contributed by atoms with Gasteiger partial charge in [-0.25, -0.2) is 0 Å². The minimum atomic E-state index is -0.357. The fourth-order valence-corrected chi connectivity index (χ4v) is 4.45. The molecule has 1 aliphatic heterocycles.